The first kappa shape index (κ1) is 18.2. The molecule has 3 atom stereocenters. The minimum atomic E-state index is -3.36. The number of carbonyl (C=O) groups is 1. The average Bonchev–Trinajstić information content (AvgIpc) is 3.14. The van der Waals surface area contributed by atoms with Gasteiger partial charge >= 0.3 is 0 Å². The zero-order valence-corrected chi connectivity index (χ0v) is 15.9. The number of nitrogens with zero attached hydrogens (tertiary/aromatic N) is 1. The van der Waals surface area contributed by atoms with Crippen molar-refractivity contribution in [2.24, 2.45) is 11.8 Å². The van der Waals surface area contributed by atoms with Crippen LogP contribution in [0.2, 0.25) is 0 Å². The molecule has 138 valence electrons. The number of sulfonamides is 1. The van der Waals surface area contributed by atoms with Crippen molar-refractivity contribution in [1.29, 1.82) is 0 Å². The highest BCUT2D eigenvalue weighted by Crippen LogP contribution is 2.44. The summed E-state index contributed by atoms with van der Waals surface area (Å²) < 4.78 is 25.6. The Kier molecular flexibility index (Phi) is 5.37. The third-order valence-corrected chi connectivity index (χ3v) is 6.77. The SMILES string of the molecule is Cc1ccc(N(CCCC(=O)NC2CC3CCC2C3)S(C)(=O)=O)cc1. The second-order valence-electron chi connectivity index (χ2n) is 7.62. The Hall–Kier alpha value is -1.56. The molecule has 0 aromatic heterocycles. The van der Waals surface area contributed by atoms with E-state index in [2.05, 4.69) is 5.32 Å². The van der Waals surface area contributed by atoms with Gasteiger partial charge in [0.15, 0.2) is 0 Å². The summed E-state index contributed by atoms with van der Waals surface area (Å²) in [5.74, 6) is 1.52. The summed E-state index contributed by atoms with van der Waals surface area (Å²) in [7, 11) is -3.36. The number of amides is 1. The van der Waals surface area contributed by atoms with Crippen molar-refractivity contribution in [2.75, 3.05) is 17.1 Å². The van der Waals surface area contributed by atoms with Crippen LogP contribution >= 0.6 is 0 Å². The summed E-state index contributed by atoms with van der Waals surface area (Å²) in [6, 6.07) is 7.76. The molecule has 1 N–H and O–H groups in total. The highest BCUT2D eigenvalue weighted by molar-refractivity contribution is 7.92. The maximum absolute atomic E-state index is 12.2. The lowest BCUT2D eigenvalue weighted by Gasteiger charge is -2.24. The molecule has 2 aliphatic rings. The van der Waals surface area contributed by atoms with Crippen molar-refractivity contribution in [1.82, 2.24) is 5.32 Å². The predicted octanol–water partition coefficient (Wildman–Crippen LogP) is 2.85. The monoisotopic (exact) mass is 364 g/mol. The zero-order valence-electron chi connectivity index (χ0n) is 15.1. The van der Waals surface area contributed by atoms with E-state index < -0.39 is 10.0 Å². The Bertz CT molecular complexity index is 715. The van der Waals surface area contributed by atoms with E-state index in [-0.39, 0.29) is 5.91 Å². The van der Waals surface area contributed by atoms with E-state index in [0.717, 1.165) is 17.9 Å². The van der Waals surface area contributed by atoms with Gasteiger partial charge in [0.25, 0.3) is 0 Å². The lowest BCUT2D eigenvalue weighted by atomic mass is 9.95. The molecule has 2 bridgehead atoms. The van der Waals surface area contributed by atoms with Gasteiger partial charge < -0.3 is 5.32 Å². The van der Waals surface area contributed by atoms with Crippen molar-refractivity contribution in [3.8, 4) is 0 Å². The number of nitrogens with one attached hydrogen (secondary N) is 1. The molecule has 0 heterocycles. The fourth-order valence-corrected chi connectivity index (χ4v) is 5.25. The molecule has 2 aliphatic carbocycles. The Morgan fingerprint density at radius 1 is 1.20 bits per heavy atom. The first-order chi connectivity index (χ1) is 11.8. The van der Waals surface area contributed by atoms with Crippen LogP contribution in [0.3, 0.4) is 0 Å². The van der Waals surface area contributed by atoms with Crippen LogP contribution in [0.15, 0.2) is 24.3 Å². The summed E-state index contributed by atoms with van der Waals surface area (Å²) in [5.41, 5.74) is 1.74. The van der Waals surface area contributed by atoms with Gasteiger partial charge in [0.2, 0.25) is 15.9 Å². The number of anilines is 1. The Labute approximate surface area is 150 Å². The van der Waals surface area contributed by atoms with Crippen LogP contribution in [-0.2, 0) is 14.8 Å². The Balaban J connectivity index is 1.51. The lowest BCUT2D eigenvalue weighted by Crippen LogP contribution is -2.39. The van der Waals surface area contributed by atoms with Crippen molar-refractivity contribution in [3.63, 3.8) is 0 Å². The van der Waals surface area contributed by atoms with Gasteiger partial charge in [-0.25, -0.2) is 8.42 Å². The number of rotatable bonds is 7. The van der Waals surface area contributed by atoms with Gasteiger partial charge in [-0.05, 0) is 56.6 Å². The van der Waals surface area contributed by atoms with Gasteiger partial charge in [-0.15, -0.1) is 0 Å². The smallest absolute Gasteiger partial charge is 0.232 e. The van der Waals surface area contributed by atoms with Gasteiger partial charge in [-0.3, -0.25) is 9.10 Å². The van der Waals surface area contributed by atoms with Crippen LogP contribution in [0.25, 0.3) is 0 Å². The van der Waals surface area contributed by atoms with Crippen molar-refractivity contribution < 1.29 is 13.2 Å². The normalized spacial score (nSPS) is 25.1. The number of hydrogen-bond acceptors (Lipinski definition) is 3. The second kappa shape index (κ2) is 7.36. The minimum Gasteiger partial charge on any atom is -0.353 e. The summed E-state index contributed by atoms with van der Waals surface area (Å²) in [5, 5.41) is 3.16. The van der Waals surface area contributed by atoms with Gasteiger partial charge in [0.05, 0.1) is 11.9 Å². The first-order valence-corrected chi connectivity index (χ1v) is 11.0. The van der Waals surface area contributed by atoms with Crippen LogP contribution in [0.4, 0.5) is 5.69 Å². The van der Waals surface area contributed by atoms with E-state index in [9.17, 15) is 13.2 Å². The third kappa shape index (κ3) is 4.54. The molecule has 6 heteroatoms. The van der Waals surface area contributed by atoms with Crippen molar-refractivity contribution in [3.05, 3.63) is 29.8 Å². The van der Waals surface area contributed by atoms with E-state index in [1.54, 1.807) is 0 Å². The van der Waals surface area contributed by atoms with Gasteiger partial charge in [0.1, 0.15) is 0 Å². The molecule has 0 spiro atoms. The number of aryl methyl sites for hydroxylation is 1. The molecule has 0 radical (unpaired) electrons. The average molecular weight is 365 g/mol. The molecule has 1 aromatic rings. The van der Waals surface area contributed by atoms with Gasteiger partial charge in [-0.2, -0.15) is 0 Å². The van der Waals surface area contributed by atoms with E-state index in [0.29, 0.717) is 37.0 Å². The fourth-order valence-electron chi connectivity index (χ4n) is 4.28. The first-order valence-electron chi connectivity index (χ1n) is 9.16. The molecule has 1 aromatic carbocycles. The van der Waals surface area contributed by atoms with Crippen molar-refractivity contribution in [2.45, 2.75) is 51.5 Å². The van der Waals surface area contributed by atoms with Crippen LogP contribution < -0.4 is 9.62 Å². The predicted molar refractivity (Wildman–Crippen MR) is 100.0 cm³/mol. The van der Waals surface area contributed by atoms with E-state index in [1.165, 1.54) is 29.8 Å². The summed E-state index contributed by atoms with van der Waals surface area (Å²) >= 11 is 0. The third-order valence-electron chi connectivity index (χ3n) is 5.57. The highest BCUT2D eigenvalue weighted by atomic mass is 32.2. The molecule has 0 aliphatic heterocycles. The van der Waals surface area contributed by atoms with Gasteiger partial charge in [0, 0.05) is 19.0 Å². The molecule has 2 fully saturated rings. The molecule has 0 saturated heterocycles. The van der Waals surface area contributed by atoms with E-state index >= 15 is 0 Å². The molecule has 25 heavy (non-hydrogen) atoms. The van der Waals surface area contributed by atoms with E-state index in [4.69, 9.17) is 0 Å². The zero-order chi connectivity index (χ0) is 18.0. The van der Waals surface area contributed by atoms with Crippen LogP contribution in [0.5, 0.6) is 0 Å². The number of benzene rings is 1. The quantitative estimate of drug-likeness (QED) is 0.809. The molecule has 3 rings (SSSR count). The van der Waals surface area contributed by atoms with Crippen molar-refractivity contribution >= 4 is 21.6 Å². The maximum Gasteiger partial charge on any atom is 0.232 e. The topological polar surface area (TPSA) is 66.5 Å². The lowest BCUT2D eigenvalue weighted by molar-refractivity contribution is -0.122. The molecular formula is C19H28N2O3S. The second-order valence-corrected chi connectivity index (χ2v) is 9.53. The summed E-state index contributed by atoms with van der Waals surface area (Å²) in [6.07, 6.45) is 7.04. The Morgan fingerprint density at radius 3 is 2.48 bits per heavy atom. The highest BCUT2D eigenvalue weighted by Gasteiger charge is 2.39. The van der Waals surface area contributed by atoms with Crippen LogP contribution in [0.1, 0.15) is 44.1 Å². The van der Waals surface area contributed by atoms with Gasteiger partial charge in [-0.1, -0.05) is 24.1 Å². The molecule has 2 saturated carbocycles. The molecule has 1 amide bonds. The molecular weight excluding hydrogens is 336 g/mol. The fraction of sp³-hybridized carbons (Fsp3) is 0.632. The largest absolute Gasteiger partial charge is 0.353 e. The molecule has 3 unspecified atom stereocenters. The number of fused-ring (bicyclic) bond motifs is 2. The van der Waals surface area contributed by atoms with E-state index in [1.807, 2.05) is 31.2 Å². The standard InChI is InChI=1S/C19H28N2O3S/c1-14-5-9-17(10-6-14)21(25(2,23)24)11-3-4-19(22)20-18-13-15-7-8-16(18)12-15/h5-6,9-10,15-16,18H,3-4,7-8,11-13H2,1-2H3,(H,20,22). The van der Waals surface area contributed by atoms with Crippen LogP contribution in [-0.4, -0.2) is 33.2 Å². The maximum atomic E-state index is 12.2. The Morgan fingerprint density at radius 2 is 1.92 bits per heavy atom. The number of carbonyl (C=O) groups excluding carboxylic acids is 1. The number of hydrogen-bond donors (Lipinski definition) is 1. The van der Waals surface area contributed by atoms with Crippen LogP contribution in [0, 0.1) is 18.8 Å². The minimum absolute atomic E-state index is 0.0508. The molecule has 5 nitrogen and oxygen atoms in total. The summed E-state index contributed by atoms with van der Waals surface area (Å²) in [4.78, 5) is 12.2. The summed E-state index contributed by atoms with van der Waals surface area (Å²) in [6.45, 7) is 2.29.